The highest BCUT2D eigenvalue weighted by Gasteiger charge is 2.12. The van der Waals surface area contributed by atoms with Gasteiger partial charge in [-0.25, -0.2) is 9.97 Å². The van der Waals surface area contributed by atoms with Crippen LogP contribution in [0.3, 0.4) is 0 Å². The van der Waals surface area contributed by atoms with Crippen LogP contribution >= 0.6 is 11.3 Å². The van der Waals surface area contributed by atoms with E-state index in [1.54, 1.807) is 17.7 Å². The van der Waals surface area contributed by atoms with Crippen molar-refractivity contribution < 1.29 is 0 Å². The van der Waals surface area contributed by atoms with Gasteiger partial charge in [0.2, 0.25) is 0 Å². The van der Waals surface area contributed by atoms with E-state index in [0.29, 0.717) is 0 Å². The van der Waals surface area contributed by atoms with Crippen molar-refractivity contribution in [2.24, 2.45) is 0 Å². The zero-order chi connectivity index (χ0) is 12.8. The molecule has 0 spiro atoms. The topological polar surface area (TPSA) is 30.7 Å². The Morgan fingerprint density at radius 2 is 2.00 bits per heavy atom. The SMILES string of the molecule is Cc1cc2ccccc2n1-c1ncnc2ccsc12. The molecule has 3 aromatic heterocycles. The molecule has 0 fully saturated rings. The molecular formula is C15H11N3S. The molecule has 4 aromatic rings. The summed E-state index contributed by atoms with van der Waals surface area (Å²) in [6.07, 6.45) is 1.64. The van der Waals surface area contributed by atoms with Crippen LogP contribution in [0.5, 0.6) is 0 Å². The molecule has 0 bridgehead atoms. The predicted molar refractivity (Wildman–Crippen MR) is 79.0 cm³/mol. The van der Waals surface area contributed by atoms with E-state index in [2.05, 4.69) is 57.2 Å². The number of benzene rings is 1. The van der Waals surface area contributed by atoms with Gasteiger partial charge in [0, 0.05) is 11.1 Å². The van der Waals surface area contributed by atoms with Crippen molar-refractivity contribution in [1.82, 2.24) is 14.5 Å². The van der Waals surface area contributed by atoms with E-state index in [1.165, 1.54) is 16.6 Å². The number of aromatic nitrogens is 3. The van der Waals surface area contributed by atoms with Crippen LogP contribution in [0, 0.1) is 6.92 Å². The highest BCUT2D eigenvalue weighted by Crippen LogP contribution is 2.29. The Morgan fingerprint density at radius 3 is 2.95 bits per heavy atom. The van der Waals surface area contributed by atoms with Crippen LogP contribution < -0.4 is 0 Å². The highest BCUT2D eigenvalue weighted by atomic mass is 32.1. The number of aryl methyl sites for hydroxylation is 1. The van der Waals surface area contributed by atoms with Gasteiger partial charge >= 0.3 is 0 Å². The van der Waals surface area contributed by atoms with Gasteiger partial charge in [0.25, 0.3) is 0 Å². The fraction of sp³-hybridized carbons (Fsp3) is 0.0667. The summed E-state index contributed by atoms with van der Waals surface area (Å²) in [4.78, 5) is 8.80. The fourth-order valence-corrected chi connectivity index (χ4v) is 3.33. The molecule has 0 aliphatic rings. The summed E-state index contributed by atoms with van der Waals surface area (Å²) in [5, 5.41) is 3.30. The number of nitrogens with zero attached hydrogens (tertiary/aromatic N) is 3. The molecule has 19 heavy (non-hydrogen) atoms. The summed E-state index contributed by atoms with van der Waals surface area (Å²) in [7, 11) is 0. The average molecular weight is 265 g/mol. The van der Waals surface area contributed by atoms with Crippen molar-refractivity contribution in [2.45, 2.75) is 6.92 Å². The fourth-order valence-electron chi connectivity index (χ4n) is 2.51. The van der Waals surface area contributed by atoms with Gasteiger partial charge in [-0.15, -0.1) is 11.3 Å². The minimum atomic E-state index is 0.971. The van der Waals surface area contributed by atoms with E-state index in [-0.39, 0.29) is 0 Å². The monoisotopic (exact) mass is 265 g/mol. The molecule has 0 unspecified atom stereocenters. The number of para-hydroxylation sites is 1. The van der Waals surface area contributed by atoms with Gasteiger partial charge in [0.05, 0.1) is 15.7 Å². The molecule has 0 N–H and O–H groups in total. The van der Waals surface area contributed by atoms with E-state index in [4.69, 9.17) is 0 Å². The summed E-state index contributed by atoms with van der Waals surface area (Å²) in [6, 6.07) is 12.6. The number of fused-ring (bicyclic) bond motifs is 2. The Balaban J connectivity index is 2.15. The zero-order valence-corrected chi connectivity index (χ0v) is 11.2. The van der Waals surface area contributed by atoms with Crippen molar-refractivity contribution in [1.29, 1.82) is 0 Å². The van der Waals surface area contributed by atoms with Crippen LogP contribution in [0.1, 0.15) is 5.69 Å². The van der Waals surface area contributed by atoms with Crippen LogP contribution in [0.25, 0.3) is 26.9 Å². The number of thiophene rings is 1. The van der Waals surface area contributed by atoms with Gasteiger partial charge in [-0.05, 0) is 30.5 Å². The Bertz CT molecular complexity index is 889. The first-order valence-electron chi connectivity index (χ1n) is 6.10. The van der Waals surface area contributed by atoms with Crippen LogP contribution in [-0.2, 0) is 0 Å². The molecule has 3 heterocycles. The van der Waals surface area contributed by atoms with Crippen molar-refractivity contribution in [2.75, 3.05) is 0 Å². The van der Waals surface area contributed by atoms with Crippen LogP contribution in [0.15, 0.2) is 48.1 Å². The molecule has 0 saturated carbocycles. The maximum atomic E-state index is 4.49. The van der Waals surface area contributed by atoms with Crippen LogP contribution in [0.2, 0.25) is 0 Å². The number of hydrogen-bond donors (Lipinski definition) is 0. The Hall–Kier alpha value is -2.20. The van der Waals surface area contributed by atoms with Gasteiger partial charge in [-0.2, -0.15) is 0 Å². The van der Waals surface area contributed by atoms with Gasteiger partial charge < -0.3 is 0 Å². The number of rotatable bonds is 1. The largest absolute Gasteiger partial charge is 0.297 e. The predicted octanol–water partition coefficient (Wildman–Crippen LogP) is 3.94. The third-order valence-corrected chi connectivity index (χ3v) is 4.23. The maximum absolute atomic E-state index is 4.49. The molecule has 0 atom stereocenters. The molecule has 0 saturated heterocycles. The highest BCUT2D eigenvalue weighted by molar-refractivity contribution is 7.17. The molecule has 0 radical (unpaired) electrons. The van der Waals surface area contributed by atoms with E-state index in [1.807, 2.05) is 6.07 Å². The molecule has 4 rings (SSSR count). The van der Waals surface area contributed by atoms with E-state index < -0.39 is 0 Å². The van der Waals surface area contributed by atoms with Crippen molar-refractivity contribution in [3.05, 3.63) is 53.8 Å². The molecule has 1 aromatic carbocycles. The molecule has 92 valence electrons. The summed E-state index contributed by atoms with van der Waals surface area (Å²) in [5.74, 6) is 0.971. The lowest BCUT2D eigenvalue weighted by Crippen LogP contribution is -1.99. The summed E-state index contributed by atoms with van der Waals surface area (Å²) < 4.78 is 3.34. The summed E-state index contributed by atoms with van der Waals surface area (Å²) in [6.45, 7) is 2.11. The summed E-state index contributed by atoms with van der Waals surface area (Å²) in [5.41, 5.74) is 3.38. The van der Waals surface area contributed by atoms with E-state index in [9.17, 15) is 0 Å². The van der Waals surface area contributed by atoms with Crippen molar-refractivity contribution in [3.8, 4) is 5.82 Å². The standard InChI is InChI=1S/C15H11N3S/c1-10-8-11-4-2-3-5-13(11)18(10)15-14-12(6-7-19-14)16-9-17-15/h2-9H,1H3. The average Bonchev–Trinajstić information content (AvgIpc) is 3.01. The zero-order valence-electron chi connectivity index (χ0n) is 10.4. The van der Waals surface area contributed by atoms with Gasteiger partial charge in [0.15, 0.2) is 5.82 Å². The lowest BCUT2D eigenvalue weighted by Gasteiger charge is -2.07. The lowest BCUT2D eigenvalue weighted by molar-refractivity contribution is 0.997. The second-order valence-corrected chi connectivity index (χ2v) is 5.43. The van der Waals surface area contributed by atoms with Gasteiger partial charge in [0.1, 0.15) is 6.33 Å². The first kappa shape index (κ1) is 10.7. The number of hydrogen-bond acceptors (Lipinski definition) is 3. The minimum absolute atomic E-state index is 0.971. The molecule has 0 amide bonds. The smallest absolute Gasteiger partial charge is 0.158 e. The first-order valence-corrected chi connectivity index (χ1v) is 6.98. The Labute approximate surface area is 114 Å². The van der Waals surface area contributed by atoms with Gasteiger partial charge in [-0.1, -0.05) is 18.2 Å². The minimum Gasteiger partial charge on any atom is -0.297 e. The summed E-state index contributed by atoms with van der Waals surface area (Å²) >= 11 is 1.68. The quantitative estimate of drug-likeness (QED) is 0.522. The second-order valence-electron chi connectivity index (χ2n) is 4.51. The molecular weight excluding hydrogens is 254 g/mol. The van der Waals surface area contributed by atoms with Crippen molar-refractivity contribution >= 4 is 32.5 Å². The van der Waals surface area contributed by atoms with E-state index >= 15 is 0 Å². The molecule has 4 heteroatoms. The Kier molecular flexibility index (Phi) is 2.19. The van der Waals surface area contributed by atoms with Crippen LogP contribution in [0.4, 0.5) is 0 Å². The molecule has 0 aliphatic carbocycles. The van der Waals surface area contributed by atoms with Crippen molar-refractivity contribution in [3.63, 3.8) is 0 Å². The normalized spacial score (nSPS) is 11.4. The Morgan fingerprint density at radius 1 is 1.11 bits per heavy atom. The first-order chi connectivity index (χ1) is 9.34. The third kappa shape index (κ3) is 1.50. The second kappa shape index (κ2) is 3.90. The van der Waals surface area contributed by atoms with Gasteiger partial charge in [-0.3, -0.25) is 4.57 Å². The molecule has 0 aliphatic heterocycles. The van der Waals surface area contributed by atoms with Crippen LogP contribution in [-0.4, -0.2) is 14.5 Å². The van der Waals surface area contributed by atoms with E-state index in [0.717, 1.165) is 16.0 Å². The lowest BCUT2D eigenvalue weighted by atomic mass is 10.2. The maximum Gasteiger partial charge on any atom is 0.158 e. The third-order valence-electron chi connectivity index (χ3n) is 3.33. The molecule has 3 nitrogen and oxygen atoms in total.